The number of halogens is 1. The molecule has 0 spiro atoms. The van der Waals surface area contributed by atoms with Crippen LogP contribution < -0.4 is 0 Å². The number of hydrogen-bond acceptors (Lipinski definition) is 5. The van der Waals surface area contributed by atoms with Crippen molar-refractivity contribution >= 4 is 28.9 Å². The van der Waals surface area contributed by atoms with Gasteiger partial charge in [0.25, 0.3) is 0 Å². The summed E-state index contributed by atoms with van der Waals surface area (Å²) < 4.78 is 4.84. The normalized spacial score (nSPS) is 10.6. The summed E-state index contributed by atoms with van der Waals surface area (Å²) in [7, 11) is 1.38. The number of aryl methyl sites for hydroxylation is 1. The van der Waals surface area contributed by atoms with Crippen LogP contribution in [0.5, 0.6) is 0 Å². The smallest absolute Gasteiger partial charge is 0.348 e. The molecule has 4 nitrogen and oxygen atoms in total. The second-order valence-electron chi connectivity index (χ2n) is 4.36. The number of carbonyl (C=O) groups is 1. The van der Waals surface area contributed by atoms with Crippen molar-refractivity contribution in [3.8, 4) is 11.3 Å². The first kappa shape index (κ1) is 14.9. The Labute approximate surface area is 126 Å². The van der Waals surface area contributed by atoms with Gasteiger partial charge < -0.3 is 4.74 Å². The van der Waals surface area contributed by atoms with Crippen LogP contribution in [-0.2, 0) is 11.2 Å². The summed E-state index contributed by atoms with van der Waals surface area (Å²) in [4.78, 5) is 20.8. The Balaban J connectivity index is 2.65. The molecule has 0 aliphatic heterocycles. The Morgan fingerprint density at radius 2 is 2.20 bits per heavy atom. The van der Waals surface area contributed by atoms with Gasteiger partial charge in [-0.2, -0.15) is 0 Å². The van der Waals surface area contributed by atoms with E-state index in [-0.39, 0.29) is 5.97 Å². The zero-order valence-corrected chi connectivity index (χ0v) is 13.1. The number of carbonyl (C=O) groups excluding carboxylic acids is 1. The third-order valence-corrected chi connectivity index (χ3v) is 4.38. The van der Waals surface area contributed by atoms with Gasteiger partial charge in [0, 0.05) is 11.1 Å². The molecule has 0 unspecified atom stereocenters. The van der Waals surface area contributed by atoms with Gasteiger partial charge in [-0.25, -0.2) is 14.8 Å². The van der Waals surface area contributed by atoms with Crippen molar-refractivity contribution < 1.29 is 9.53 Å². The van der Waals surface area contributed by atoms with Crippen LogP contribution in [-0.4, -0.2) is 23.0 Å². The standard InChI is InChI=1S/C14H15ClN2O2S/c1-4-5-9-11(16-7-17-13(9)15)10-8(2)6-20-12(10)14(18)19-3/h6-7H,4-5H2,1-3H3. The minimum Gasteiger partial charge on any atom is -0.465 e. The van der Waals surface area contributed by atoms with Crippen molar-refractivity contribution in [3.05, 3.63) is 32.9 Å². The molecule has 0 N–H and O–H groups in total. The molecule has 0 saturated carbocycles. The quantitative estimate of drug-likeness (QED) is 0.634. The molecule has 2 aromatic rings. The molecule has 0 atom stereocenters. The first-order valence-corrected chi connectivity index (χ1v) is 7.52. The van der Waals surface area contributed by atoms with Crippen molar-refractivity contribution in [1.29, 1.82) is 0 Å². The van der Waals surface area contributed by atoms with Gasteiger partial charge in [0.1, 0.15) is 16.4 Å². The van der Waals surface area contributed by atoms with E-state index in [1.54, 1.807) is 0 Å². The highest BCUT2D eigenvalue weighted by molar-refractivity contribution is 7.12. The van der Waals surface area contributed by atoms with E-state index in [9.17, 15) is 4.79 Å². The van der Waals surface area contributed by atoms with Gasteiger partial charge >= 0.3 is 5.97 Å². The van der Waals surface area contributed by atoms with Crippen LogP contribution in [0.2, 0.25) is 5.15 Å². The number of hydrogen-bond donors (Lipinski definition) is 0. The van der Waals surface area contributed by atoms with E-state index in [1.165, 1.54) is 24.8 Å². The summed E-state index contributed by atoms with van der Waals surface area (Å²) in [6.07, 6.45) is 3.12. The van der Waals surface area contributed by atoms with Crippen molar-refractivity contribution in [3.63, 3.8) is 0 Å². The van der Waals surface area contributed by atoms with Gasteiger partial charge in [0.2, 0.25) is 0 Å². The van der Waals surface area contributed by atoms with Gasteiger partial charge in [-0.15, -0.1) is 11.3 Å². The van der Waals surface area contributed by atoms with Gasteiger partial charge in [0.05, 0.1) is 12.8 Å². The van der Waals surface area contributed by atoms with Crippen LogP contribution in [0.1, 0.15) is 34.1 Å². The molecule has 0 bridgehead atoms. The fourth-order valence-corrected chi connectivity index (χ4v) is 3.25. The maximum absolute atomic E-state index is 11.9. The lowest BCUT2D eigenvalue weighted by atomic mass is 10.0. The van der Waals surface area contributed by atoms with Crippen molar-refractivity contribution in [2.45, 2.75) is 26.7 Å². The summed E-state index contributed by atoms with van der Waals surface area (Å²) in [5.41, 5.74) is 3.39. The SMILES string of the molecule is CCCc1c(Cl)ncnc1-c1c(C)csc1C(=O)OC. The molecule has 0 aliphatic carbocycles. The molecule has 0 aromatic carbocycles. The summed E-state index contributed by atoms with van der Waals surface area (Å²) in [5, 5.41) is 2.37. The molecule has 0 amide bonds. The topological polar surface area (TPSA) is 52.1 Å². The third kappa shape index (κ3) is 2.69. The van der Waals surface area contributed by atoms with Crippen molar-refractivity contribution in [1.82, 2.24) is 9.97 Å². The second-order valence-corrected chi connectivity index (χ2v) is 5.59. The average molecular weight is 311 g/mol. The second kappa shape index (κ2) is 6.33. The number of rotatable bonds is 4. The monoisotopic (exact) mass is 310 g/mol. The molecule has 0 saturated heterocycles. The molecular weight excluding hydrogens is 296 g/mol. The van der Waals surface area contributed by atoms with E-state index in [0.717, 1.165) is 35.2 Å². The van der Waals surface area contributed by atoms with Crippen LogP contribution in [0.25, 0.3) is 11.3 Å². The third-order valence-electron chi connectivity index (χ3n) is 2.98. The van der Waals surface area contributed by atoms with Crippen LogP contribution in [0.3, 0.4) is 0 Å². The van der Waals surface area contributed by atoms with Crippen LogP contribution >= 0.6 is 22.9 Å². The predicted molar refractivity (Wildman–Crippen MR) is 80.4 cm³/mol. The molecule has 2 heterocycles. The summed E-state index contributed by atoms with van der Waals surface area (Å²) >= 11 is 7.54. The summed E-state index contributed by atoms with van der Waals surface area (Å²) in [6, 6.07) is 0. The van der Waals surface area contributed by atoms with Gasteiger partial charge in [0.15, 0.2) is 0 Å². The van der Waals surface area contributed by atoms with E-state index in [1.807, 2.05) is 12.3 Å². The van der Waals surface area contributed by atoms with E-state index in [2.05, 4.69) is 16.9 Å². The van der Waals surface area contributed by atoms with Crippen LogP contribution in [0.15, 0.2) is 11.7 Å². The van der Waals surface area contributed by atoms with Crippen LogP contribution in [0, 0.1) is 6.92 Å². The predicted octanol–water partition coefficient (Wildman–Crippen LogP) is 3.91. The van der Waals surface area contributed by atoms with Gasteiger partial charge in [-0.1, -0.05) is 24.9 Å². The highest BCUT2D eigenvalue weighted by Gasteiger charge is 2.22. The number of aromatic nitrogens is 2. The minimum atomic E-state index is -0.352. The molecule has 0 radical (unpaired) electrons. The fraction of sp³-hybridized carbons (Fsp3) is 0.357. The maximum Gasteiger partial charge on any atom is 0.348 e. The Morgan fingerprint density at radius 1 is 1.45 bits per heavy atom. The number of methoxy groups -OCH3 is 1. The zero-order valence-electron chi connectivity index (χ0n) is 11.6. The number of ether oxygens (including phenoxy) is 1. The van der Waals surface area contributed by atoms with Gasteiger partial charge in [-0.05, 0) is 24.3 Å². The van der Waals surface area contributed by atoms with Crippen molar-refractivity contribution in [2.24, 2.45) is 0 Å². The molecule has 106 valence electrons. The maximum atomic E-state index is 11.9. The highest BCUT2D eigenvalue weighted by Crippen LogP contribution is 2.35. The van der Waals surface area contributed by atoms with E-state index < -0.39 is 0 Å². The molecule has 0 fully saturated rings. The summed E-state index contributed by atoms with van der Waals surface area (Å²) in [6.45, 7) is 4.01. The number of nitrogens with zero attached hydrogens (tertiary/aromatic N) is 2. The van der Waals surface area contributed by atoms with Gasteiger partial charge in [-0.3, -0.25) is 0 Å². The lowest BCUT2D eigenvalue weighted by Gasteiger charge is -2.10. The first-order chi connectivity index (χ1) is 9.60. The summed E-state index contributed by atoms with van der Waals surface area (Å²) in [5.74, 6) is -0.352. The van der Waals surface area contributed by atoms with Crippen molar-refractivity contribution in [2.75, 3.05) is 7.11 Å². The molecule has 2 rings (SSSR count). The average Bonchev–Trinajstić information content (AvgIpc) is 2.82. The minimum absolute atomic E-state index is 0.352. The Kier molecular flexibility index (Phi) is 4.73. The number of thiophene rings is 1. The molecular formula is C14H15ClN2O2S. The highest BCUT2D eigenvalue weighted by atomic mass is 35.5. The Hall–Kier alpha value is -1.46. The number of esters is 1. The Morgan fingerprint density at radius 3 is 2.85 bits per heavy atom. The van der Waals surface area contributed by atoms with Crippen LogP contribution in [0.4, 0.5) is 0 Å². The molecule has 6 heteroatoms. The first-order valence-electron chi connectivity index (χ1n) is 6.26. The molecule has 2 aromatic heterocycles. The van der Waals surface area contributed by atoms with E-state index in [0.29, 0.717) is 10.0 Å². The molecule has 20 heavy (non-hydrogen) atoms. The zero-order chi connectivity index (χ0) is 14.7. The Bertz CT molecular complexity index is 640. The van der Waals surface area contributed by atoms with E-state index >= 15 is 0 Å². The fourth-order valence-electron chi connectivity index (χ4n) is 2.06. The molecule has 0 aliphatic rings. The largest absolute Gasteiger partial charge is 0.465 e. The van der Waals surface area contributed by atoms with E-state index in [4.69, 9.17) is 16.3 Å². The lowest BCUT2D eigenvalue weighted by molar-refractivity contribution is 0.0607. The lowest BCUT2D eigenvalue weighted by Crippen LogP contribution is -2.04.